The van der Waals surface area contributed by atoms with E-state index in [0.717, 1.165) is 11.1 Å². The number of ether oxygens (including phenoxy) is 2. The minimum Gasteiger partial charge on any atom is -0.495 e. The molecule has 1 N–H and O–H groups in total. The van der Waals surface area contributed by atoms with Crippen LogP contribution < -0.4 is 15.0 Å². The highest BCUT2D eigenvalue weighted by Crippen LogP contribution is 2.35. The fourth-order valence-corrected chi connectivity index (χ4v) is 3.47. The van der Waals surface area contributed by atoms with E-state index in [4.69, 9.17) is 21.1 Å². The molecule has 1 fully saturated rings. The van der Waals surface area contributed by atoms with Crippen molar-refractivity contribution >= 4 is 40.8 Å². The lowest BCUT2D eigenvalue weighted by Gasteiger charge is -2.19. The zero-order valence-corrected chi connectivity index (χ0v) is 17.8. The third kappa shape index (κ3) is 4.74. The molecule has 8 heteroatoms. The van der Waals surface area contributed by atoms with Crippen molar-refractivity contribution in [3.8, 4) is 5.75 Å². The smallest absolute Gasteiger partial charge is 0.311 e. The summed E-state index contributed by atoms with van der Waals surface area (Å²) >= 11 is 6.04. The average molecular weight is 431 g/mol. The Hall–Kier alpha value is -3.06. The number of rotatable bonds is 6. The van der Waals surface area contributed by atoms with E-state index in [1.807, 2.05) is 26.0 Å². The van der Waals surface area contributed by atoms with Gasteiger partial charge in [-0.3, -0.25) is 14.4 Å². The molecule has 0 aromatic heterocycles. The zero-order valence-electron chi connectivity index (χ0n) is 17.0. The van der Waals surface area contributed by atoms with Crippen LogP contribution in [0.25, 0.3) is 0 Å². The molecule has 2 aromatic carbocycles. The molecule has 0 saturated carbocycles. The van der Waals surface area contributed by atoms with Crippen molar-refractivity contribution in [3.05, 3.63) is 52.5 Å². The Labute approximate surface area is 179 Å². The van der Waals surface area contributed by atoms with Crippen LogP contribution in [0.5, 0.6) is 5.75 Å². The van der Waals surface area contributed by atoms with E-state index in [0.29, 0.717) is 22.1 Å². The molecule has 3 rings (SSSR count). The summed E-state index contributed by atoms with van der Waals surface area (Å²) in [6.07, 6.45) is -0.00684. The molecule has 1 aliphatic rings. The molecule has 1 saturated heterocycles. The molecule has 0 spiro atoms. The predicted molar refractivity (Wildman–Crippen MR) is 114 cm³/mol. The van der Waals surface area contributed by atoms with E-state index < -0.39 is 24.4 Å². The number of esters is 1. The van der Waals surface area contributed by atoms with Gasteiger partial charge in [0.25, 0.3) is 5.91 Å². The molecule has 1 atom stereocenters. The van der Waals surface area contributed by atoms with Crippen LogP contribution in [0.2, 0.25) is 5.02 Å². The van der Waals surface area contributed by atoms with Crippen molar-refractivity contribution < 1.29 is 23.9 Å². The first kappa shape index (κ1) is 21.6. The van der Waals surface area contributed by atoms with E-state index in [-0.39, 0.29) is 18.9 Å². The monoisotopic (exact) mass is 430 g/mol. The lowest BCUT2D eigenvalue weighted by atomic mass is 10.1. The van der Waals surface area contributed by atoms with E-state index in [9.17, 15) is 14.4 Å². The van der Waals surface area contributed by atoms with Crippen LogP contribution in [-0.4, -0.2) is 38.0 Å². The lowest BCUT2D eigenvalue weighted by molar-refractivity contribution is -0.151. The minimum absolute atomic E-state index is 0.00684. The van der Waals surface area contributed by atoms with E-state index in [1.165, 1.54) is 12.0 Å². The number of nitrogens with one attached hydrogen (secondary N) is 1. The van der Waals surface area contributed by atoms with Crippen molar-refractivity contribution in [2.24, 2.45) is 5.92 Å². The number of carbonyl (C=O) groups is 3. The van der Waals surface area contributed by atoms with Gasteiger partial charge in [-0.1, -0.05) is 23.7 Å². The fourth-order valence-electron chi connectivity index (χ4n) is 3.30. The second-order valence-corrected chi connectivity index (χ2v) is 7.56. The number of carbonyl (C=O) groups excluding carboxylic acids is 3. The summed E-state index contributed by atoms with van der Waals surface area (Å²) in [5, 5.41) is 3.19. The Morgan fingerprint density at radius 3 is 2.73 bits per heavy atom. The molecular formula is C22H23ClN2O5. The average Bonchev–Trinajstić information content (AvgIpc) is 3.11. The second-order valence-electron chi connectivity index (χ2n) is 7.12. The Kier molecular flexibility index (Phi) is 6.62. The van der Waals surface area contributed by atoms with Crippen LogP contribution in [0.3, 0.4) is 0 Å². The normalized spacial score (nSPS) is 15.8. The van der Waals surface area contributed by atoms with Gasteiger partial charge in [0.05, 0.1) is 18.7 Å². The largest absolute Gasteiger partial charge is 0.495 e. The summed E-state index contributed by atoms with van der Waals surface area (Å²) in [5.41, 5.74) is 3.17. The van der Waals surface area contributed by atoms with Crippen LogP contribution in [0, 0.1) is 19.8 Å². The maximum Gasteiger partial charge on any atom is 0.311 e. The molecular weight excluding hydrogens is 408 g/mol. The second kappa shape index (κ2) is 9.17. The molecule has 0 aliphatic carbocycles. The number of nitrogens with zero attached hydrogens (tertiary/aromatic N) is 1. The number of amides is 2. The predicted octanol–water partition coefficient (Wildman–Crippen LogP) is 3.50. The highest BCUT2D eigenvalue weighted by Gasteiger charge is 2.37. The number of methoxy groups -OCH3 is 1. The molecule has 1 aliphatic heterocycles. The van der Waals surface area contributed by atoms with Crippen LogP contribution in [0.15, 0.2) is 36.4 Å². The van der Waals surface area contributed by atoms with Gasteiger partial charge in [-0.05, 0) is 49.2 Å². The summed E-state index contributed by atoms with van der Waals surface area (Å²) in [6.45, 7) is 3.56. The molecule has 0 bridgehead atoms. The van der Waals surface area contributed by atoms with E-state index >= 15 is 0 Å². The van der Waals surface area contributed by atoms with Gasteiger partial charge in [-0.25, -0.2) is 0 Å². The lowest BCUT2D eigenvalue weighted by Crippen LogP contribution is -2.28. The van der Waals surface area contributed by atoms with Crippen molar-refractivity contribution in [2.75, 3.05) is 30.5 Å². The van der Waals surface area contributed by atoms with Gasteiger partial charge in [-0.2, -0.15) is 0 Å². The van der Waals surface area contributed by atoms with Crippen molar-refractivity contribution in [1.29, 1.82) is 0 Å². The standard InChI is InChI=1S/C22H23ClN2O5/c1-13-5-4-6-17(14(13)2)24-20(26)12-30-22(28)15-9-21(27)25(11-15)18-10-16(23)7-8-19(18)29-3/h4-8,10,15H,9,11-12H2,1-3H3,(H,24,26)/t15-/m0/s1. The van der Waals surface area contributed by atoms with Gasteiger partial charge in [0, 0.05) is 23.7 Å². The highest BCUT2D eigenvalue weighted by molar-refractivity contribution is 6.31. The SMILES string of the molecule is COc1ccc(Cl)cc1N1C[C@@H](C(=O)OCC(=O)Nc2cccc(C)c2C)CC1=O. The van der Waals surface area contributed by atoms with Gasteiger partial charge in [0.1, 0.15) is 5.75 Å². The fraction of sp³-hybridized carbons (Fsp3) is 0.318. The third-order valence-electron chi connectivity index (χ3n) is 5.11. The molecule has 7 nitrogen and oxygen atoms in total. The summed E-state index contributed by atoms with van der Waals surface area (Å²) in [7, 11) is 1.49. The Bertz CT molecular complexity index is 991. The van der Waals surface area contributed by atoms with Gasteiger partial charge < -0.3 is 19.7 Å². The Morgan fingerprint density at radius 1 is 1.23 bits per heavy atom. The van der Waals surface area contributed by atoms with Gasteiger partial charge in [0.15, 0.2) is 6.61 Å². The summed E-state index contributed by atoms with van der Waals surface area (Å²) in [5.74, 6) is -1.46. The molecule has 30 heavy (non-hydrogen) atoms. The first-order chi connectivity index (χ1) is 14.3. The number of halogens is 1. The summed E-state index contributed by atoms with van der Waals surface area (Å²) in [4.78, 5) is 38.5. The number of hydrogen-bond donors (Lipinski definition) is 1. The molecule has 2 amide bonds. The number of anilines is 2. The number of benzene rings is 2. The van der Waals surface area contributed by atoms with Crippen LogP contribution in [-0.2, 0) is 19.1 Å². The Morgan fingerprint density at radius 2 is 2.00 bits per heavy atom. The van der Waals surface area contributed by atoms with Crippen LogP contribution in [0.4, 0.5) is 11.4 Å². The van der Waals surface area contributed by atoms with E-state index in [1.54, 1.807) is 24.3 Å². The number of hydrogen-bond acceptors (Lipinski definition) is 5. The maximum absolute atomic E-state index is 12.5. The van der Waals surface area contributed by atoms with Crippen molar-refractivity contribution in [2.45, 2.75) is 20.3 Å². The van der Waals surface area contributed by atoms with Gasteiger partial charge >= 0.3 is 5.97 Å². The van der Waals surface area contributed by atoms with Crippen molar-refractivity contribution in [1.82, 2.24) is 0 Å². The minimum atomic E-state index is -0.672. The number of aryl methyl sites for hydroxylation is 1. The van der Waals surface area contributed by atoms with Crippen LogP contribution in [0.1, 0.15) is 17.5 Å². The highest BCUT2D eigenvalue weighted by atomic mass is 35.5. The Balaban J connectivity index is 1.59. The van der Waals surface area contributed by atoms with Crippen LogP contribution >= 0.6 is 11.6 Å². The van der Waals surface area contributed by atoms with Gasteiger partial charge in [0.2, 0.25) is 5.91 Å². The first-order valence-corrected chi connectivity index (χ1v) is 9.84. The van der Waals surface area contributed by atoms with Crippen molar-refractivity contribution in [3.63, 3.8) is 0 Å². The summed E-state index contributed by atoms with van der Waals surface area (Å²) < 4.78 is 10.4. The topological polar surface area (TPSA) is 84.9 Å². The molecule has 1 heterocycles. The first-order valence-electron chi connectivity index (χ1n) is 9.46. The third-order valence-corrected chi connectivity index (χ3v) is 5.35. The maximum atomic E-state index is 12.5. The van der Waals surface area contributed by atoms with Gasteiger partial charge in [-0.15, -0.1) is 0 Å². The molecule has 158 valence electrons. The molecule has 0 radical (unpaired) electrons. The zero-order chi connectivity index (χ0) is 21.8. The van der Waals surface area contributed by atoms with E-state index in [2.05, 4.69) is 5.32 Å². The molecule has 0 unspecified atom stereocenters. The molecule has 2 aromatic rings. The quantitative estimate of drug-likeness (QED) is 0.709. The summed E-state index contributed by atoms with van der Waals surface area (Å²) in [6, 6.07) is 10.5.